The van der Waals surface area contributed by atoms with Gasteiger partial charge in [-0.2, -0.15) is 10.2 Å². The predicted octanol–water partition coefficient (Wildman–Crippen LogP) is 4.44. The van der Waals surface area contributed by atoms with Gasteiger partial charge in [0.2, 0.25) is 0 Å². The largest absolute Gasteiger partial charge is 0.497 e. The fourth-order valence-electron chi connectivity index (χ4n) is 3.27. The molecular weight excluding hydrogens is 338 g/mol. The summed E-state index contributed by atoms with van der Waals surface area (Å²) < 4.78 is 9.15. The number of nitrogens with zero attached hydrogens (tertiary/aromatic N) is 5. The summed E-state index contributed by atoms with van der Waals surface area (Å²) >= 11 is 0. The molecule has 4 rings (SSSR count). The average Bonchev–Trinajstić information content (AvgIpc) is 3.32. The lowest BCUT2D eigenvalue weighted by Crippen LogP contribution is -2.05. The Labute approximate surface area is 158 Å². The zero-order valence-corrected chi connectivity index (χ0v) is 16.0. The summed E-state index contributed by atoms with van der Waals surface area (Å²) in [6.07, 6.45) is 2.68. The van der Waals surface area contributed by atoms with E-state index in [1.54, 1.807) is 13.3 Å². The summed E-state index contributed by atoms with van der Waals surface area (Å²) in [5, 5.41) is 10.4. The molecule has 0 saturated heterocycles. The third kappa shape index (κ3) is 2.97. The monoisotopic (exact) mass is 361 g/mol. The van der Waals surface area contributed by atoms with Gasteiger partial charge >= 0.3 is 0 Å². The van der Waals surface area contributed by atoms with Gasteiger partial charge in [0.15, 0.2) is 5.65 Å². The number of fused-ring (bicyclic) bond motifs is 1. The van der Waals surface area contributed by atoms with Crippen molar-refractivity contribution in [2.75, 3.05) is 7.11 Å². The molecule has 0 amide bonds. The Morgan fingerprint density at radius 1 is 1.04 bits per heavy atom. The molecule has 0 bridgehead atoms. The number of ether oxygens (including phenoxy) is 1. The number of hydrogen-bond acceptors (Lipinski definition) is 4. The third-order valence-electron chi connectivity index (χ3n) is 4.68. The van der Waals surface area contributed by atoms with Crippen LogP contribution in [-0.2, 0) is 6.42 Å². The van der Waals surface area contributed by atoms with Gasteiger partial charge in [0.1, 0.15) is 5.75 Å². The summed E-state index contributed by atoms with van der Waals surface area (Å²) in [5.74, 6) is 0.819. The van der Waals surface area contributed by atoms with E-state index in [0.717, 1.165) is 46.0 Å². The highest BCUT2D eigenvalue weighted by atomic mass is 16.5. The van der Waals surface area contributed by atoms with Crippen LogP contribution in [0.1, 0.15) is 32.5 Å². The minimum atomic E-state index is 0.252. The summed E-state index contributed by atoms with van der Waals surface area (Å²) in [6.45, 7) is 6.38. The van der Waals surface area contributed by atoms with Gasteiger partial charge in [0.25, 0.3) is 0 Å². The molecule has 6 heteroatoms. The van der Waals surface area contributed by atoms with Gasteiger partial charge in [-0.25, -0.2) is 14.3 Å². The van der Waals surface area contributed by atoms with Crippen molar-refractivity contribution in [2.24, 2.45) is 0 Å². The molecule has 1 aromatic carbocycles. The first kappa shape index (κ1) is 17.3. The maximum absolute atomic E-state index is 5.25. The van der Waals surface area contributed by atoms with Gasteiger partial charge in [-0.15, -0.1) is 0 Å². The molecule has 0 aliphatic rings. The van der Waals surface area contributed by atoms with Crippen molar-refractivity contribution in [1.29, 1.82) is 0 Å². The van der Waals surface area contributed by atoms with Crippen LogP contribution < -0.4 is 4.74 Å². The molecule has 0 radical (unpaired) electrons. The molecule has 138 valence electrons. The zero-order chi connectivity index (χ0) is 19.0. The topological polar surface area (TPSA) is 57.8 Å². The fourth-order valence-corrected chi connectivity index (χ4v) is 3.27. The summed E-state index contributed by atoms with van der Waals surface area (Å²) in [6, 6.07) is 14.2. The van der Waals surface area contributed by atoms with Gasteiger partial charge < -0.3 is 4.74 Å². The minimum absolute atomic E-state index is 0.252. The zero-order valence-electron chi connectivity index (χ0n) is 16.0. The molecule has 0 atom stereocenters. The minimum Gasteiger partial charge on any atom is -0.497 e. The van der Waals surface area contributed by atoms with E-state index in [9.17, 15) is 0 Å². The molecule has 0 fully saturated rings. The molecule has 6 nitrogen and oxygen atoms in total. The summed E-state index contributed by atoms with van der Waals surface area (Å²) in [4.78, 5) is 4.94. The quantitative estimate of drug-likeness (QED) is 0.527. The van der Waals surface area contributed by atoms with Gasteiger partial charge in [0.05, 0.1) is 36.1 Å². The predicted molar refractivity (Wildman–Crippen MR) is 106 cm³/mol. The lowest BCUT2D eigenvalue weighted by Gasteiger charge is -2.10. The van der Waals surface area contributed by atoms with Crippen molar-refractivity contribution in [2.45, 2.75) is 33.2 Å². The van der Waals surface area contributed by atoms with Crippen LogP contribution in [0.3, 0.4) is 0 Å². The van der Waals surface area contributed by atoms with E-state index < -0.39 is 0 Å². The molecule has 27 heavy (non-hydrogen) atoms. The van der Waals surface area contributed by atoms with Gasteiger partial charge in [-0.1, -0.05) is 6.92 Å². The van der Waals surface area contributed by atoms with E-state index in [4.69, 9.17) is 14.8 Å². The Bertz CT molecular complexity index is 1080. The van der Waals surface area contributed by atoms with Crippen molar-refractivity contribution in [3.05, 3.63) is 54.4 Å². The Hall–Kier alpha value is -3.15. The van der Waals surface area contributed by atoms with Crippen LogP contribution in [0.4, 0.5) is 0 Å². The van der Waals surface area contributed by atoms with E-state index >= 15 is 0 Å². The van der Waals surface area contributed by atoms with Crippen LogP contribution in [0.2, 0.25) is 0 Å². The van der Waals surface area contributed by atoms with Crippen LogP contribution in [0.25, 0.3) is 28.1 Å². The standard InChI is InChI=1S/C21H23N5O/c1-5-18-17-10-11-19(23-21(17)25(24-18)14(2)3)20-12-13-22-26(20)15-6-8-16(27-4)9-7-15/h6-14H,5H2,1-4H3. The number of aromatic nitrogens is 5. The number of benzene rings is 1. The van der Waals surface area contributed by atoms with E-state index in [2.05, 4.69) is 31.9 Å². The number of methoxy groups -OCH3 is 1. The van der Waals surface area contributed by atoms with Crippen molar-refractivity contribution in [1.82, 2.24) is 24.5 Å². The Balaban J connectivity index is 1.83. The SMILES string of the molecule is CCc1nn(C(C)C)c2nc(-c3ccnn3-c3ccc(OC)cc3)ccc12. The van der Waals surface area contributed by atoms with Crippen LogP contribution in [0, 0.1) is 0 Å². The Morgan fingerprint density at radius 2 is 1.81 bits per heavy atom. The maximum Gasteiger partial charge on any atom is 0.159 e. The second-order valence-corrected chi connectivity index (χ2v) is 6.73. The van der Waals surface area contributed by atoms with Crippen molar-refractivity contribution < 1.29 is 4.74 Å². The second kappa shape index (κ2) is 6.87. The normalized spacial score (nSPS) is 11.4. The van der Waals surface area contributed by atoms with Gasteiger partial charge in [-0.05, 0) is 62.7 Å². The molecule has 0 saturated carbocycles. The fraction of sp³-hybridized carbons (Fsp3) is 0.286. The first-order valence-corrected chi connectivity index (χ1v) is 9.19. The first-order chi connectivity index (χ1) is 13.1. The van der Waals surface area contributed by atoms with E-state index in [1.807, 2.05) is 45.8 Å². The van der Waals surface area contributed by atoms with E-state index in [0.29, 0.717) is 0 Å². The molecule has 4 aromatic rings. The molecule has 0 aliphatic heterocycles. The van der Waals surface area contributed by atoms with Crippen LogP contribution >= 0.6 is 0 Å². The molecule has 0 unspecified atom stereocenters. The van der Waals surface area contributed by atoms with Crippen molar-refractivity contribution >= 4 is 11.0 Å². The number of hydrogen-bond donors (Lipinski definition) is 0. The highest BCUT2D eigenvalue weighted by Crippen LogP contribution is 2.27. The highest BCUT2D eigenvalue weighted by Gasteiger charge is 2.16. The summed E-state index contributed by atoms with van der Waals surface area (Å²) in [7, 11) is 1.66. The lowest BCUT2D eigenvalue weighted by atomic mass is 10.2. The van der Waals surface area contributed by atoms with E-state index in [-0.39, 0.29) is 6.04 Å². The Morgan fingerprint density at radius 3 is 2.48 bits per heavy atom. The van der Waals surface area contributed by atoms with Gasteiger partial charge in [-0.3, -0.25) is 0 Å². The van der Waals surface area contributed by atoms with Crippen LogP contribution in [0.5, 0.6) is 5.75 Å². The first-order valence-electron chi connectivity index (χ1n) is 9.19. The third-order valence-corrected chi connectivity index (χ3v) is 4.68. The van der Waals surface area contributed by atoms with Crippen LogP contribution in [0.15, 0.2) is 48.7 Å². The van der Waals surface area contributed by atoms with E-state index in [1.165, 1.54) is 0 Å². The second-order valence-electron chi connectivity index (χ2n) is 6.73. The number of aryl methyl sites for hydroxylation is 1. The molecule has 3 aromatic heterocycles. The summed E-state index contributed by atoms with van der Waals surface area (Å²) in [5.41, 5.74) is 4.78. The molecule has 0 aliphatic carbocycles. The van der Waals surface area contributed by atoms with Crippen molar-refractivity contribution in [3.63, 3.8) is 0 Å². The molecule has 0 N–H and O–H groups in total. The molecule has 3 heterocycles. The smallest absolute Gasteiger partial charge is 0.159 e. The van der Waals surface area contributed by atoms with Crippen LogP contribution in [-0.4, -0.2) is 31.7 Å². The number of pyridine rings is 1. The lowest BCUT2D eigenvalue weighted by molar-refractivity contribution is 0.414. The average molecular weight is 361 g/mol. The Kier molecular flexibility index (Phi) is 4.39. The maximum atomic E-state index is 5.25. The number of rotatable bonds is 5. The van der Waals surface area contributed by atoms with Gasteiger partial charge in [0, 0.05) is 11.4 Å². The molecular formula is C21H23N5O. The highest BCUT2D eigenvalue weighted by molar-refractivity contribution is 5.81. The van der Waals surface area contributed by atoms with Crippen molar-refractivity contribution in [3.8, 4) is 22.8 Å². The molecule has 0 spiro atoms.